The highest BCUT2D eigenvalue weighted by molar-refractivity contribution is 14.1. The third-order valence-electron chi connectivity index (χ3n) is 3.81. The van der Waals surface area contributed by atoms with Crippen LogP contribution in [-0.2, 0) is 11.2 Å². The lowest BCUT2D eigenvalue weighted by atomic mass is 10.1. The first kappa shape index (κ1) is 14.4. The lowest BCUT2D eigenvalue weighted by Gasteiger charge is -2.24. The molecule has 1 amide bonds. The molecule has 1 aliphatic rings. The number of carbonyl (C=O) groups is 1. The van der Waals surface area contributed by atoms with Gasteiger partial charge in [0.15, 0.2) is 0 Å². The van der Waals surface area contributed by atoms with E-state index in [4.69, 9.17) is 0 Å². The number of fused-ring (bicyclic) bond motifs is 1. The van der Waals surface area contributed by atoms with Gasteiger partial charge in [-0.25, -0.2) is 0 Å². The van der Waals surface area contributed by atoms with Gasteiger partial charge in [-0.3, -0.25) is 4.79 Å². The topological polar surface area (TPSA) is 32.3 Å². The molecule has 3 rings (SSSR count). The second-order valence-electron chi connectivity index (χ2n) is 5.34. The minimum absolute atomic E-state index is 0.0302. The van der Waals surface area contributed by atoms with Crippen molar-refractivity contribution in [1.29, 1.82) is 0 Å². The summed E-state index contributed by atoms with van der Waals surface area (Å²) in [5.41, 5.74) is 3.39. The summed E-state index contributed by atoms with van der Waals surface area (Å²) in [5.74, 6) is 0.0302. The molecule has 0 spiro atoms. The van der Waals surface area contributed by atoms with Gasteiger partial charge in [-0.05, 0) is 59.7 Å². The summed E-state index contributed by atoms with van der Waals surface area (Å²) in [6.07, 6.45) is 1.01. The summed E-state index contributed by atoms with van der Waals surface area (Å²) >= 11 is 2.23. The summed E-state index contributed by atoms with van der Waals surface area (Å²) in [6, 6.07) is 16.5. The molecule has 0 aromatic heterocycles. The Balaban J connectivity index is 1.72. The molecule has 2 aromatic carbocycles. The van der Waals surface area contributed by atoms with Crippen molar-refractivity contribution in [3.63, 3.8) is 0 Å². The third kappa shape index (κ3) is 3.05. The average molecular weight is 392 g/mol. The maximum atomic E-state index is 12.3. The lowest BCUT2D eigenvalue weighted by molar-refractivity contribution is -0.115. The quantitative estimate of drug-likeness (QED) is 0.809. The highest BCUT2D eigenvalue weighted by atomic mass is 127. The summed E-state index contributed by atoms with van der Waals surface area (Å²) in [7, 11) is 0. The number of amides is 1. The maximum absolute atomic E-state index is 12.3. The van der Waals surface area contributed by atoms with Crippen molar-refractivity contribution in [2.24, 2.45) is 0 Å². The van der Waals surface area contributed by atoms with Gasteiger partial charge in [-0.15, -0.1) is 0 Å². The largest absolute Gasteiger partial charge is 0.359 e. The molecule has 1 aliphatic heterocycles. The Kier molecular flexibility index (Phi) is 4.14. The molecule has 0 radical (unpaired) electrons. The Hall–Kier alpha value is -1.56. The zero-order valence-electron chi connectivity index (χ0n) is 11.8. The van der Waals surface area contributed by atoms with Crippen molar-refractivity contribution in [3.05, 3.63) is 57.7 Å². The molecular formula is C17H17IN2O. The number of anilines is 2. The minimum Gasteiger partial charge on any atom is -0.359 e. The molecule has 4 heteroatoms. The number of halogens is 1. The molecule has 1 N–H and O–H groups in total. The van der Waals surface area contributed by atoms with Crippen LogP contribution in [0.3, 0.4) is 0 Å². The van der Waals surface area contributed by atoms with Crippen molar-refractivity contribution in [2.75, 3.05) is 16.8 Å². The van der Waals surface area contributed by atoms with Crippen LogP contribution < -0.4 is 10.2 Å². The number of nitrogens with zero attached hydrogens (tertiary/aromatic N) is 1. The van der Waals surface area contributed by atoms with Crippen molar-refractivity contribution < 1.29 is 4.79 Å². The number of benzene rings is 2. The SMILES string of the molecule is C[C@H]1Cc2ccccc2N1CC(=O)Nc1ccccc1I. The fraction of sp³-hybridized carbons (Fsp3) is 0.235. The van der Waals surface area contributed by atoms with Gasteiger partial charge >= 0.3 is 0 Å². The Bertz CT molecular complexity index is 671. The van der Waals surface area contributed by atoms with Gasteiger partial charge < -0.3 is 10.2 Å². The Morgan fingerprint density at radius 2 is 1.95 bits per heavy atom. The summed E-state index contributed by atoms with van der Waals surface area (Å²) in [4.78, 5) is 14.5. The summed E-state index contributed by atoms with van der Waals surface area (Å²) in [6.45, 7) is 2.56. The molecule has 0 unspecified atom stereocenters. The van der Waals surface area contributed by atoms with Gasteiger partial charge in [-0.2, -0.15) is 0 Å². The lowest BCUT2D eigenvalue weighted by Crippen LogP contribution is -2.37. The summed E-state index contributed by atoms with van der Waals surface area (Å²) in [5, 5.41) is 3.00. The van der Waals surface area contributed by atoms with E-state index in [9.17, 15) is 4.79 Å². The van der Waals surface area contributed by atoms with Crippen LogP contribution >= 0.6 is 22.6 Å². The zero-order valence-corrected chi connectivity index (χ0v) is 14.0. The molecule has 1 heterocycles. The van der Waals surface area contributed by atoms with Gasteiger partial charge in [0, 0.05) is 15.3 Å². The van der Waals surface area contributed by atoms with Gasteiger partial charge in [0.05, 0.1) is 12.2 Å². The van der Waals surface area contributed by atoms with E-state index in [1.165, 1.54) is 11.3 Å². The smallest absolute Gasteiger partial charge is 0.243 e. The first-order chi connectivity index (χ1) is 10.1. The van der Waals surface area contributed by atoms with Crippen molar-refractivity contribution in [3.8, 4) is 0 Å². The van der Waals surface area contributed by atoms with Gasteiger partial charge in [0.1, 0.15) is 0 Å². The number of hydrogen-bond acceptors (Lipinski definition) is 2. The van der Waals surface area contributed by atoms with E-state index >= 15 is 0 Å². The fourth-order valence-electron chi connectivity index (χ4n) is 2.78. The first-order valence-electron chi connectivity index (χ1n) is 7.04. The molecule has 2 aromatic rings. The van der Waals surface area contributed by atoms with Crippen LogP contribution in [0, 0.1) is 3.57 Å². The van der Waals surface area contributed by atoms with E-state index in [0.717, 1.165) is 15.7 Å². The highest BCUT2D eigenvalue weighted by Crippen LogP contribution is 2.31. The minimum atomic E-state index is 0.0302. The number of para-hydroxylation sites is 2. The van der Waals surface area contributed by atoms with Crippen LogP contribution in [0.4, 0.5) is 11.4 Å². The fourth-order valence-corrected chi connectivity index (χ4v) is 3.30. The Morgan fingerprint density at radius 3 is 2.76 bits per heavy atom. The molecule has 0 aliphatic carbocycles. The van der Waals surface area contributed by atoms with E-state index < -0.39 is 0 Å². The predicted molar refractivity (Wildman–Crippen MR) is 94.7 cm³/mol. The molecule has 3 nitrogen and oxygen atoms in total. The normalized spacial score (nSPS) is 16.7. The molecule has 0 saturated carbocycles. The maximum Gasteiger partial charge on any atom is 0.243 e. The number of rotatable bonds is 3. The van der Waals surface area contributed by atoms with Gasteiger partial charge in [0.25, 0.3) is 0 Å². The van der Waals surface area contributed by atoms with E-state index in [1.807, 2.05) is 30.3 Å². The Morgan fingerprint density at radius 1 is 1.24 bits per heavy atom. The number of hydrogen-bond donors (Lipinski definition) is 1. The zero-order chi connectivity index (χ0) is 14.8. The van der Waals surface area contributed by atoms with Gasteiger partial charge in [0.2, 0.25) is 5.91 Å². The average Bonchev–Trinajstić information content (AvgIpc) is 2.78. The van der Waals surface area contributed by atoms with Crippen molar-refractivity contribution >= 4 is 39.9 Å². The molecule has 108 valence electrons. The number of carbonyl (C=O) groups excluding carboxylic acids is 1. The Labute approximate surface area is 138 Å². The molecule has 0 saturated heterocycles. The molecule has 1 atom stereocenters. The van der Waals surface area contributed by atoms with Crippen LogP contribution in [0.2, 0.25) is 0 Å². The molecule has 0 fully saturated rings. The van der Waals surface area contributed by atoms with Crippen molar-refractivity contribution in [1.82, 2.24) is 0 Å². The molecule has 21 heavy (non-hydrogen) atoms. The van der Waals surface area contributed by atoms with Crippen molar-refractivity contribution in [2.45, 2.75) is 19.4 Å². The number of nitrogens with one attached hydrogen (secondary N) is 1. The van der Waals surface area contributed by atoms with E-state index in [2.05, 4.69) is 57.9 Å². The van der Waals surface area contributed by atoms with Crippen LogP contribution in [-0.4, -0.2) is 18.5 Å². The molecular weight excluding hydrogens is 375 g/mol. The van der Waals surface area contributed by atoms with E-state index in [0.29, 0.717) is 12.6 Å². The second-order valence-corrected chi connectivity index (χ2v) is 6.50. The van der Waals surface area contributed by atoms with Crippen LogP contribution in [0.15, 0.2) is 48.5 Å². The van der Waals surface area contributed by atoms with Crippen LogP contribution in [0.25, 0.3) is 0 Å². The monoisotopic (exact) mass is 392 g/mol. The molecule has 0 bridgehead atoms. The van der Waals surface area contributed by atoms with Gasteiger partial charge in [-0.1, -0.05) is 30.3 Å². The van der Waals surface area contributed by atoms with Crippen LogP contribution in [0.1, 0.15) is 12.5 Å². The van der Waals surface area contributed by atoms with E-state index in [-0.39, 0.29) is 5.91 Å². The standard InChI is InChI=1S/C17H17IN2O/c1-12-10-13-6-2-5-9-16(13)20(12)11-17(21)19-15-8-4-3-7-14(15)18/h2-9,12H,10-11H2,1H3,(H,19,21)/t12-/m0/s1. The van der Waals surface area contributed by atoms with Crippen LogP contribution in [0.5, 0.6) is 0 Å². The highest BCUT2D eigenvalue weighted by Gasteiger charge is 2.27. The third-order valence-corrected chi connectivity index (χ3v) is 4.75. The predicted octanol–water partition coefficient (Wildman–Crippen LogP) is 3.68. The first-order valence-corrected chi connectivity index (χ1v) is 8.12. The second kappa shape index (κ2) is 6.05. The van der Waals surface area contributed by atoms with E-state index in [1.54, 1.807) is 0 Å². The summed E-state index contributed by atoms with van der Waals surface area (Å²) < 4.78 is 1.05.